The fourth-order valence-electron chi connectivity index (χ4n) is 1.43. The number of amides is 1. The number of benzene rings is 1. The van der Waals surface area contributed by atoms with Crippen molar-refractivity contribution in [1.29, 1.82) is 0 Å². The van der Waals surface area contributed by atoms with Gasteiger partial charge in [0.1, 0.15) is 6.29 Å². The Morgan fingerprint density at radius 3 is 2.80 bits per heavy atom. The molecule has 0 fully saturated rings. The van der Waals surface area contributed by atoms with E-state index in [0.29, 0.717) is 6.29 Å². The summed E-state index contributed by atoms with van der Waals surface area (Å²) in [6, 6.07) is 3.73. The minimum Gasteiger partial charge on any atom is -0.477 e. The fourth-order valence-corrected chi connectivity index (χ4v) is 1.43. The zero-order valence-corrected chi connectivity index (χ0v) is 11.3. The zero-order chi connectivity index (χ0) is 15.1. The van der Waals surface area contributed by atoms with Crippen LogP contribution in [0.5, 0.6) is 5.75 Å². The molecule has 1 rings (SSSR count). The van der Waals surface area contributed by atoms with Gasteiger partial charge in [-0.1, -0.05) is 6.92 Å². The van der Waals surface area contributed by atoms with Gasteiger partial charge in [-0.15, -0.1) is 0 Å². The highest BCUT2D eigenvalue weighted by Crippen LogP contribution is 2.27. The van der Waals surface area contributed by atoms with Gasteiger partial charge in [0.15, 0.2) is 12.4 Å². The standard InChI is InChI=1S/C13H16N2O5/c1-3-9(2)14-13(17)8-20-12-6-10(7-16)4-5-11(12)15(18)19/h4-7,9H,3,8H2,1-2H3,(H,14,17). The van der Waals surface area contributed by atoms with Gasteiger partial charge in [-0.2, -0.15) is 0 Å². The molecule has 20 heavy (non-hydrogen) atoms. The van der Waals surface area contributed by atoms with E-state index in [1.54, 1.807) is 0 Å². The van der Waals surface area contributed by atoms with Crippen molar-refractivity contribution in [3.05, 3.63) is 33.9 Å². The topological polar surface area (TPSA) is 98.5 Å². The lowest BCUT2D eigenvalue weighted by Gasteiger charge is -2.12. The predicted molar refractivity (Wildman–Crippen MR) is 71.9 cm³/mol. The lowest BCUT2D eigenvalue weighted by molar-refractivity contribution is -0.385. The summed E-state index contributed by atoms with van der Waals surface area (Å²) in [7, 11) is 0. The van der Waals surface area contributed by atoms with E-state index in [4.69, 9.17) is 4.74 Å². The van der Waals surface area contributed by atoms with Crippen molar-refractivity contribution < 1.29 is 19.2 Å². The maximum Gasteiger partial charge on any atom is 0.310 e. The largest absolute Gasteiger partial charge is 0.477 e. The van der Waals surface area contributed by atoms with Crippen LogP contribution in [0.1, 0.15) is 30.6 Å². The highest BCUT2D eigenvalue weighted by Gasteiger charge is 2.17. The van der Waals surface area contributed by atoms with E-state index in [0.717, 1.165) is 6.42 Å². The smallest absolute Gasteiger partial charge is 0.310 e. The van der Waals surface area contributed by atoms with Crippen LogP contribution in [0.15, 0.2) is 18.2 Å². The second-order valence-electron chi connectivity index (χ2n) is 4.27. The normalized spacial score (nSPS) is 11.5. The first-order valence-corrected chi connectivity index (χ1v) is 6.13. The van der Waals surface area contributed by atoms with Crippen LogP contribution in [0.25, 0.3) is 0 Å². The first kappa shape index (κ1) is 15.6. The number of nitro groups is 1. The minimum absolute atomic E-state index is 0.00222. The average Bonchev–Trinajstić information content (AvgIpc) is 2.44. The van der Waals surface area contributed by atoms with Crippen molar-refractivity contribution in [2.75, 3.05) is 6.61 Å². The van der Waals surface area contributed by atoms with Crippen LogP contribution in [0.4, 0.5) is 5.69 Å². The van der Waals surface area contributed by atoms with Crippen LogP contribution in [0.2, 0.25) is 0 Å². The van der Waals surface area contributed by atoms with Crippen molar-refractivity contribution >= 4 is 17.9 Å². The molecule has 108 valence electrons. The molecule has 0 heterocycles. The molecule has 1 amide bonds. The van der Waals surface area contributed by atoms with Gasteiger partial charge in [0.05, 0.1) is 4.92 Å². The molecular formula is C13H16N2O5. The Bertz CT molecular complexity index is 515. The number of aldehydes is 1. The summed E-state index contributed by atoms with van der Waals surface area (Å²) in [5, 5.41) is 13.5. The average molecular weight is 280 g/mol. The van der Waals surface area contributed by atoms with Crippen molar-refractivity contribution in [3.8, 4) is 5.75 Å². The van der Waals surface area contributed by atoms with Gasteiger partial charge in [-0.05, 0) is 25.5 Å². The van der Waals surface area contributed by atoms with Gasteiger partial charge >= 0.3 is 5.69 Å². The number of nitrogens with one attached hydrogen (secondary N) is 1. The van der Waals surface area contributed by atoms with Crippen LogP contribution in [-0.4, -0.2) is 29.8 Å². The summed E-state index contributed by atoms with van der Waals surface area (Å²) in [5.41, 5.74) is -0.0418. The van der Waals surface area contributed by atoms with Crippen LogP contribution in [0, 0.1) is 10.1 Å². The maximum atomic E-state index is 11.5. The molecule has 0 bridgehead atoms. The van der Waals surface area contributed by atoms with Crippen molar-refractivity contribution in [1.82, 2.24) is 5.32 Å². The first-order valence-electron chi connectivity index (χ1n) is 6.13. The monoisotopic (exact) mass is 280 g/mol. The molecular weight excluding hydrogens is 264 g/mol. The van der Waals surface area contributed by atoms with Crippen LogP contribution < -0.4 is 10.1 Å². The number of rotatable bonds is 7. The molecule has 0 radical (unpaired) electrons. The maximum absolute atomic E-state index is 11.5. The molecule has 0 saturated heterocycles. The zero-order valence-electron chi connectivity index (χ0n) is 11.3. The summed E-state index contributed by atoms with van der Waals surface area (Å²) in [6.45, 7) is 3.42. The molecule has 0 aromatic heterocycles. The highest BCUT2D eigenvalue weighted by molar-refractivity contribution is 5.79. The van der Waals surface area contributed by atoms with Gasteiger partial charge in [0, 0.05) is 17.7 Å². The molecule has 1 aromatic rings. The second-order valence-corrected chi connectivity index (χ2v) is 4.27. The molecule has 0 aliphatic heterocycles. The lowest BCUT2D eigenvalue weighted by atomic mass is 10.2. The summed E-state index contributed by atoms with van der Waals surface area (Å²) >= 11 is 0. The van der Waals surface area contributed by atoms with Crippen LogP contribution in [0.3, 0.4) is 0 Å². The number of nitro benzene ring substituents is 1. The minimum atomic E-state index is -0.628. The van der Waals surface area contributed by atoms with E-state index >= 15 is 0 Å². The van der Waals surface area contributed by atoms with Gasteiger partial charge in [0.2, 0.25) is 0 Å². The molecule has 0 saturated carbocycles. The van der Waals surface area contributed by atoms with Crippen LogP contribution >= 0.6 is 0 Å². The quantitative estimate of drug-likeness (QED) is 0.465. The summed E-state index contributed by atoms with van der Waals surface area (Å²) < 4.78 is 5.14. The predicted octanol–water partition coefficient (Wildman–Crippen LogP) is 1.70. The Morgan fingerprint density at radius 1 is 1.55 bits per heavy atom. The Kier molecular flexibility index (Phi) is 5.64. The molecule has 1 unspecified atom stereocenters. The van der Waals surface area contributed by atoms with Crippen molar-refractivity contribution in [2.24, 2.45) is 0 Å². The van der Waals surface area contributed by atoms with E-state index in [1.807, 2.05) is 13.8 Å². The summed E-state index contributed by atoms with van der Waals surface area (Å²) in [5.74, 6) is -0.468. The third-order valence-corrected chi connectivity index (χ3v) is 2.70. The molecule has 0 aliphatic rings. The van der Waals surface area contributed by atoms with Crippen molar-refractivity contribution in [3.63, 3.8) is 0 Å². The molecule has 0 aliphatic carbocycles. The Hall–Kier alpha value is -2.44. The van der Waals surface area contributed by atoms with Crippen LogP contribution in [-0.2, 0) is 4.79 Å². The third kappa shape index (κ3) is 4.34. The third-order valence-electron chi connectivity index (χ3n) is 2.70. The number of carbonyl (C=O) groups excluding carboxylic acids is 2. The molecule has 1 atom stereocenters. The van der Waals surface area contributed by atoms with Gasteiger partial charge < -0.3 is 10.1 Å². The van der Waals surface area contributed by atoms with Gasteiger partial charge in [-0.3, -0.25) is 19.7 Å². The molecule has 7 heteroatoms. The Balaban J connectivity index is 2.77. The SMILES string of the molecule is CCC(C)NC(=O)COc1cc(C=O)ccc1[N+](=O)[O-]. The van der Waals surface area contributed by atoms with E-state index < -0.39 is 4.92 Å². The van der Waals surface area contributed by atoms with Gasteiger partial charge in [-0.25, -0.2) is 0 Å². The number of hydrogen-bond donors (Lipinski definition) is 1. The van der Waals surface area contributed by atoms with E-state index in [9.17, 15) is 19.7 Å². The Morgan fingerprint density at radius 2 is 2.25 bits per heavy atom. The first-order chi connectivity index (χ1) is 9.47. The second kappa shape index (κ2) is 7.22. The highest BCUT2D eigenvalue weighted by atomic mass is 16.6. The van der Waals surface area contributed by atoms with E-state index in [2.05, 4.69) is 5.32 Å². The molecule has 7 nitrogen and oxygen atoms in total. The van der Waals surface area contributed by atoms with E-state index in [1.165, 1.54) is 18.2 Å². The Labute approximate surface area is 116 Å². The number of ether oxygens (including phenoxy) is 1. The van der Waals surface area contributed by atoms with Gasteiger partial charge in [0.25, 0.3) is 5.91 Å². The number of nitrogens with zero attached hydrogens (tertiary/aromatic N) is 1. The molecule has 1 N–H and O–H groups in total. The summed E-state index contributed by atoms with van der Waals surface area (Å²) in [4.78, 5) is 32.4. The number of carbonyl (C=O) groups is 2. The molecule has 0 spiro atoms. The lowest BCUT2D eigenvalue weighted by Crippen LogP contribution is -2.35. The molecule has 1 aromatic carbocycles. The summed E-state index contributed by atoms with van der Waals surface area (Å²) in [6.07, 6.45) is 1.32. The van der Waals surface area contributed by atoms with Crippen molar-refractivity contribution in [2.45, 2.75) is 26.3 Å². The number of hydrogen-bond acceptors (Lipinski definition) is 5. The fraction of sp³-hybridized carbons (Fsp3) is 0.385. The van der Waals surface area contributed by atoms with E-state index in [-0.39, 0.29) is 35.6 Å².